The Morgan fingerprint density at radius 1 is 1.05 bits per heavy atom. The quantitative estimate of drug-likeness (QED) is 0.668. The predicted octanol–water partition coefficient (Wildman–Crippen LogP) is 4.61. The van der Waals surface area contributed by atoms with Crippen molar-refractivity contribution in [2.75, 3.05) is 19.7 Å². The van der Waals surface area contributed by atoms with Crippen molar-refractivity contribution in [2.45, 2.75) is 46.5 Å². The maximum atomic E-state index is 5.77. The fourth-order valence-corrected chi connectivity index (χ4v) is 2.26. The fourth-order valence-electron chi connectivity index (χ4n) is 2.03. The minimum absolute atomic E-state index is 0.730. The highest BCUT2D eigenvalue weighted by atomic mass is 79.9. The van der Waals surface area contributed by atoms with Crippen LogP contribution in [0.15, 0.2) is 16.6 Å². The van der Waals surface area contributed by atoms with Gasteiger partial charge in [0.15, 0.2) is 0 Å². The maximum absolute atomic E-state index is 5.77. The number of benzene rings is 1. The van der Waals surface area contributed by atoms with Crippen LogP contribution in [0.4, 0.5) is 0 Å². The second-order valence-corrected chi connectivity index (χ2v) is 5.82. The summed E-state index contributed by atoms with van der Waals surface area (Å²) < 4.78 is 6.94. The normalized spacial score (nSPS) is 10.7. The molecule has 2 nitrogen and oxygen atoms in total. The molecule has 19 heavy (non-hydrogen) atoms. The van der Waals surface area contributed by atoms with Gasteiger partial charge in [-0.25, -0.2) is 0 Å². The first-order valence-electron chi connectivity index (χ1n) is 7.25. The Hall–Kier alpha value is -0.540. The molecule has 0 fully saturated rings. The maximum Gasteiger partial charge on any atom is 0.119 e. The zero-order chi connectivity index (χ0) is 14.1. The molecule has 0 aliphatic carbocycles. The lowest BCUT2D eigenvalue weighted by molar-refractivity contribution is 0.313. The van der Waals surface area contributed by atoms with Crippen LogP contribution < -0.4 is 10.1 Å². The first-order chi connectivity index (χ1) is 9.15. The summed E-state index contributed by atoms with van der Waals surface area (Å²) in [5.74, 6) is 0.964. The van der Waals surface area contributed by atoms with Crippen molar-refractivity contribution < 1.29 is 4.74 Å². The molecule has 0 unspecified atom stereocenters. The molecule has 0 aliphatic heterocycles. The lowest BCUT2D eigenvalue weighted by Crippen LogP contribution is -2.22. The van der Waals surface area contributed by atoms with Crippen molar-refractivity contribution in [3.8, 4) is 5.75 Å². The van der Waals surface area contributed by atoms with Gasteiger partial charge >= 0.3 is 0 Å². The van der Waals surface area contributed by atoms with E-state index >= 15 is 0 Å². The largest absolute Gasteiger partial charge is 0.492 e. The van der Waals surface area contributed by atoms with Crippen LogP contribution in [-0.4, -0.2) is 19.7 Å². The number of hydrogen-bond donors (Lipinski definition) is 1. The van der Waals surface area contributed by atoms with E-state index in [-0.39, 0.29) is 0 Å². The molecule has 0 aromatic heterocycles. The van der Waals surface area contributed by atoms with Crippen molar-refractivity contribution in [1.29, 1.82) is 0 Å². The van der Waals surface area contributed by atoms with Crippen molar-refractivity contribution in [1.82, 2.24) is 5.32 Å². The average Bonchev–Trinajstić information content (AvgIpc) is 2.39. The van der Waals surface area contributed by atoms with Crippen molar-refractivity contribution in [2.24, 2.45) is 0 Å². The Labute approximate surface area is 126 Å². The van der Waals surface area contributed by atoms with E-state index in [0.717, 1.165) is 25.4 Å². The Balaban J connectivity index is 2.16. The molecule has 0 heterocycles. The Morgan fingerprint density at radius 2 is 1.74 bits per heavy atom. The summed E-state index contributed by atoms with van der Waals surface area (Å²) in [7, 11) is 0. The van der Waals surface area contributed by atoms with Crippen LogP contribution in [0.2, 0.25) is 0 Å². The van der Waals surface area contributed by atoms with E-state index < -0.39 is 0 Å². The summed E-state index contributed by atoms with van der Waals surface area (Å²) >= 11 is 3.57. The third kappa shape index (κ3) is 6.44. The smallest absolute Gasteiger partial charge is 0.119 e. The van der Waals surface area contributed by atoms with Gasteiger partial charge in [0.05, 0.1) is 0 Å². The molecule has 0 saturated carbocycles. The molecule has 0 atom stereocenters. The SMILES string of the molecule is CCCCCCNCCOc1cc(C)c(Br)c(C)c1. The molecule has 0 aliphatic rings. The van der Waals surface area contributed by atoms with Gasteiger partial charge in [0.2, 0.25) is 0 Å². The van der Waals surface area contributed by atoms with E-state index in [4.69, 9.17) is 4.74 Å². The topological polar surface area (TPSA) is 21.3 Å². The van der Waals surface area contributed by atoms with Gasteiger partial charge in [-0.2, -0.15) is 0 Å². The number of unbranched alkanes of at least 4 members (excludes halogenated alkanes) is 3. The monoisotopic (exact) mass is 327 g/mol. The van der Waals surface area contributed by atoms with Crippen LogP contribution in [0.25, 0.3) is 0 Å². The molecule has 0 spiro atoms. The van der Waals surface area contributed by atoms with Crippen molar-refractivity contribution in [3.63, 3.8) is 0 Å². The zero-order valence-corrected chi connectivity index (χ0v) is 14.0. The first-order valence-corrected chi connectivity index (χ1v) is 8.04. The van der Waals surface area contributed by atoms with Gasteiger partial charge in [0, 0.05) is 11.0 Å². The van der Waals surface area contributed by atoms with Gasteiger partial charge < -0.3 is 10.1 Å². The molecule has 1 aromatic carbocycles. The molecule has 108 valence electrons. The van der Waals surface area contributed by atoms with E-state index in [2.05, 4.69) is 54.2 Å². The Morgan fingerprint density at radius 3 is 2.37 bits per heavy atom. The fraction of sp³-hybridized carbons (Fsp3) is 0.625. The Bertz CT molecular complexity index is 356. The van der Waals surface area contributed by atoms with E-state index in [0.29, 0.717) is 0 Å². The minimum atomic E-state index is 0.730. The zero-order valence-electron chi connectivity index (χ0n) is 12.4. The summed E-state index contributed by atoms with van der Waals surface area (Å²) in [5.41, 5.74) is 2.45. The van der Waals surface area contributed by atoms with E-state index in [1.807, 2.05) is 0 Å². The minimum Gasteiger partial charge on any atom is -0.492 e. The number of aryl methyl sites for hydroxylation is 2. The molecule has 0 bridgehead atoms. The molecule has 1 N–H and O–H groups in total. The number of ether oxygens (including phenoxy) is 1. The summed E-state index contributed by atoms with van der Waals surface area (Å²) in [4.78, 5) is 0. The third-order valence-corrected chi connectivity index (χ3v) is 4.42. The van der Waals surface area contributed by atoms with E-state index in [9.17, 15) is 0 Å². The lowest BCUT2D eigenvalue weighted by Gasteiger charge is -2.10. The van der Waals surface area contributed by atoms with Gasteiger partial charge in [-0.1, -0.05) is 42.1 Å². The van der Waals surface area contributed by atoms with Gasteiger partial charge in [-0.15, -0.1) is 0 Å². The second-order valence-electron chi connectivity index (χ2n) is 5.03. The third-order valence-electron chi connectivity index (χ3n) is 3.16. The predicted molar refractivity (Wildman–Crippen MR) is 86.1 cm³/mol. The summed E-state index contributed by atoms with van der Waals surface area (Å²) in [6.45, 7) is 9.17. The highest BCUT2D eigenvalue weighted by Crippen LogP contribution is 2.26. The molecule has 0 saturated heterocycles. The molecule has 0 amide bonds. The molecule has 1 aromatic rings. The highest BCUT2D eigenvalue weighted by molar-refractivity contribution is 9.10. The summed E-state index contributed by atoms with van der Waals surface area (Å²) in [5, 5.41) is 3.42. The summed E-state index contributed by atoms with van der Waals surface area (Å²) in [6.07, 6.45) is 5.24. The van der Waals surface area contributed by atoms with Crippen LogP contribution in [0.1, 0.15) is 43.7 Å². The molecule has 3 heteroatoms. The number of nitrogens with one attached hydrogen (secondary N) is 1. The number of rotatable bonds is 9. The van der Waals surface area contributed by atoms with Gasteiger partial charge in [0.25, 0.3) is 0 Å². The lowest BCUT2D eigenvalue weighted by atomic mass is 10.1. The van der Waals surface area contributed by atoms with Gasteiger partial charge in [0.1, 0.15) is 12.4 Å². The average molecular weight is 328 g/mol. The number of hydrogen-bond acceptors (Lipinski definition) is 2. The van der Waals surface area contributed by atoms with Crippen LogP contribution >= 0.6 is 15.9 Å². The van der Waals surface area contributed by atoms with Gasteiger partial charge in [-0.3, -0.25) is 0 Å². The second kappa shape index (κ2) is 9.38. The van der Waals surface area contributed by atoms with E-state index in [1.54, 1.807) is 0 Å². The first kappa shape index (κ1) is 16.5. The highest BCUT2D eigenvalue weighted by Gasteiger charge is 2.02. The van der Waals surface area contributed by atoms with Crippen LogP contribution in [0.5, 0.6) is 5.75 Å². The van der Waals surface area contributed by atoms with Crippen molar-refractivity contribution >= 4 is 15.9 Å². The van der Waals surface area contributed by atoms with Crippen LogP contribution in [0.3, 0.4) is 0 Å². The summed E-state index contributed by atoms with van der Waals surface area (Å²) in [6, 6.07) is 4.16. The molecular weight excluding hydrogens is 302 g/mol. The van der Waals surface area contributed by atoms with Crippen molar-refractivity contribution in [3.05, 3.63) is 27.7 Å². The number of halogens is 1. The van der Waals surface area contributed by atoms with Crippen LogP contribution in [0, 0.1) is 13.8 Å². The van der Waals surface area contributed by atoms with Crippen LogP contribution in [-0.2, 0) is 0 Å². The molecule has 0 radical (unpaired) electrons. The van der Waals surface area contributed by atoms with Gasteiger partial charge in [-0.05, 0) is 50.1 Å². The molecular formula is C16H26BrNO. The Kier molecular flexibility index (Phi) is 8.15. The van der Waals surface area contributed by atoms with E-state index in [1.165, 1.54) is 41.3 Å². The standard InChI is InChI=1S/C16H26BrNO/c1-4-5-6-7-8-18-9-10-19-15-11-13(2)16(17)14(3)12-15/h11-12,18H,4-10H2,1-3H3. The molecule has 1 rings (SSSR count).